The molecule has 0 saturated carbocycles. The first-order valence-electron chi connectivity index (χ1n) is 6.87. The van der Waals surface area contributed by atoms with Crippen molar-refractivity contribution in [2.45, 2.75) is 19.2 Å². The van der Waals surface area contributed by atoms with Gasteiger partial charge in [0.15, 0.2) is 6.10 Å². The van der Waals surface area contributed by atoms with Gasteiger partial charge in [-0.25, -0.2) is 0 Å². The number of hydrogen-bond donors (Lipinski definition) is 1. The second-order valence-electron chi connectivity index (χ2n) is 5.02. The van der Waals surface area contributed by atoms with Gasteiger partial charge in [0.1, 0.15) is 5.75 Å². The van der Waals surface area contributed by atoms with Crippen LogP contribution in [-0.2, 0) is 11.0 Å². The number of anilines is 1. The summed E-state index contributed by atoms with van der Waals surface area (Å²) in [4.78, 5) is 12.2. The summed E-state index contributed by atoms with van der Waals surface area (Å²) in [6, 6.07) is 7.07. The molecule has 0 radical (unpaired) electrons. The van der Waals surface area contributed by atoms with Crippen LogP contribution in [0.5, 0.6) is 5.75 Å². The molecular formula is C16H11Cl3F3NO2. The van der Waals surface area contributed by atoms with Crippen molar-refractivity contribution >= 4 is 46.4 Å². The first-order chi connectivity index (χ1) is 11.6. The number of rotatable bonds is 4. The number of carbonyl (C=O) groups is 1. The molecule has 0 aliphatic carbocycles. The van der Waals surface area contributed by atoms with Gasteiger partial charge in [0.25, 0.3) is 5.91 Å². The molecule has 1 amide bonds. The van der Waals surface area contributed by atoms with E-state index in [1.54, 1.807) is 0 Å². The van der Waals surface area contributed by atoms with Crippen molar-refractivity contribution in [1.29, 1.82) is 0 Å². The quantitative estimate of drug-likeness (QED) is 0.662. The van der Waals surface area contributed by atoms with Crippen LogP contribution in [0.1, 0.15) is 12.5 Å². The molecule has 0 heterocycles. The number of ether oxygens (including phenoxy) is 1. The summed E-state index contributed by atoms with van der Waals surface area (Å²) >= 11 is 17.6. The molecule has 0 spiro atoms. The average Bonchev–Trinajstić information content (AvgIpc) is 2.50. The van der Waals surface area contributed by atoms with Crippen molar-refractivity contribution in [2.75, 3.05) is 5.32 Å². The third-order valence-electron chi connectivity index (χ3n) is 3.12. The maximum Gasteiger partial charge on any atom is 0.416 e. The minimum Gasteiger partial charge on any atom is -0.479 e. The van der Waals surface area contributed by atoms with Gasteiger partial charge in [-0.2, -0.15) is 13.2 Å². The van der Waals surface area contributed by atoms with Crippen molar-refractivity contribution in [1.82, 2.24) is 0 Å². The summed E-state index contributed by atoms with van der Waals surface area (Å²) in [5, 5.41) is 2.87. The summed E-state index contributed by atoms with van der Waals surface area (Å²) in [6.07, 6.45) is -5.59. The molecule has 3 nitrogen and oxygen atoms in total. The van der Waals surface area contributed by atoms with Gasteiger partial charge in [-0.05, 0) is 43.3 Å². The van der Waals surface area contributed by atoms with E-state index in [-0.39, 0.29) is 21.5 Å². The van der Waals surface area contributed by atoms with E-state index in [0.29, 0.717) is 5.02 Å². The molecule has 2 rings (SSSR count). The van der Waals surface area contributed by atoms with E-state index in [4.69, 9.17) is 39.5 Å². The van der Waals surface area contributed by atoms with Gasteiger partial charge in [-0.1, -0.05) is 34.8 Å². The topological polar surface area (TPSA) is 38.3 Å². The predicted molar refractivity (Wildman–Crippen MR) is 91.6 cm³/mol. The first-order valence-corrected chi connectivity index (χ1v) is 8.00. The lowest BCUT2D eigenvalue weighted by Crippen LogP contribution is -2.30. The van der Waals surface area contributed by atoms with Crippen LogP contribution < -0.4 is 10.1 Å². The fourth-order valence-electron chi connectivity index (χ4n) is 1.85. The summed E-state index contributed by atoms with van der Waals surface area (Å²) in [5.74, 6) is -0.476. The van der Waals surface area contributed by atoms with Crippen LogP contribution in [0, 0.1) is 0 Å². The van der Waals surface area contributed by atoms with Gasteiger partial charge in [0.2, 0.25) is 0 Å². The van der Waals surface area contributed by atoms with Crippen molar-refractivity contribution in [3.63, 3.8) is 0 Å². The predicted octanol–water partition coefficient (Wildman–Crippen LogP) is 6.07. The lowest BCUT2D eigenvalue weighted by molar-refractivity contribution is -0.137. The zero-order valence-corrected chi connectivity index (χ0v) is 14.9. The third-order valence-corrected chi connectivity index (χ3v) is 3.98. The summed E-state index contributed by atoms with van der Waals surface area (Å²) in [5.41, 5.74) is -1.10. The molecule has 0 aliphatic rings. The van der Waals surface area contributed by atoms with Gasteiger partial charge in [0, 0.05) is 5.02 Å². The molecule has 2 aromatic carbocycles. The maximum atomic E-state index is 12.8. The van der Waals surface area contributed by atoms with E-state index in [9.17, 15) is 18.0 Å². The Balaban J connectivity index is 2.13. The molecule has 134 valence electrons. The molecule has 1 atom stereocenters. The molecule has 1 N–H and O–H groups in total. The number of halogens is 6. The summed E-state index contributed by atoms with van der Waals surface area (Å²) in [6.45, 7) is 1.42. The van der Waals surface area contributed by atoms with Crippen LogP contribution in [0.15, 0.2) is 36.4 Å². The molecule has 0 unspecified atom stereocenters. The number of hydrogen-bond acceptors (Lipinski definition) is 2. The molecule has 0 fully saturated rings. The van der Waals surface area contributed by atoms with E-state index in [1.165, 1.54) is 25.1 Å². The van der Waals surface area contributed by atoms with Crippen LogP contribution in [0.4, 0.5) is 18.9 Å². The molecule has 0 aromatic heterocycles. The molecular weight excluding hydrogens is 402 g/mol. The van der Waals surface area contributed by atoms with Crippen LogP contribution in [0.3, 0.4) is 0 Å². The highest BCUT2D eigenvalue weighted by Crippen LogP contribution is 2.34. The Kier molecular flexibility index (Phi) is 6.08. The Morgan fingerprint density at radius 1 is 1.08 bits per heavy atom. The van der Waals surface area contributed by atoms with Crippen molar-refractivity contribution in [2.24, 2.45) is 0 Å². The zero-order valence-electron chi connectivity index (χ0n) is 12.6. The van der Waals surface area contributed by atoms with E-state index in [2.05, 4.69) is 5.32 Å². The van der Waals surface area contributed by atoms with E-state index in [0.717, 1.165) is 18.2 Å². The lowest BCUT2D eigenvalue weighted by atomic mass is 10.2. The second kappa shape index (κ2) is 7.72. The molecule has 2 aromatic rings. The lowest BCUT2D eigenvalue weighted by Gasteiger charge is -2.17. The van der Waals surface area contributed by atoms with Gasteiger partial charge in [0.05, 0.1) is 21.3 Å². The minimum atomic E-state index is -4.55. The standard InChI is InChI=1S/C16H11Cl3F3NO2/c1-8(25-14-5-3-10(17)7-12(14)19)15(24)23-13-6-9(16(20,21)22)2-4-11(13)18/h2-8H,1H3,(H,23,24)/t8-/m0/s1. The van der Waals surface area contributed by atoms with Crippen LogP contribution >= 0.6 is 34.8 Å². The Morgan fingerprint density at radius 2 is 1.76 bits per heavy atom. The van der Waals surface area contributed by atoms with Gasteiger partial charge < -0.3 is 10.1 Å². The smallest absolute Gasteiger partial charge is 0.416 e. The molecule has 0 bridgehead atoms. The number of carbonyl (C=O) groups excluding carboxylic acids is 1. The monoisotopic (exact) mass is 411 g/mol. The van der Waals surface area contributed by atoms with Gasteiger partial charge in [-0.15, -0.1) is 0 Å². The van der Waals surface area contributed by atoms with Crippen molar-refractivity contribution in [3.05, 3.63) is 57.0 Å². The van der Waals surface area contributed by atoms with E-state index < -0.39 is 23.8 Å². The molecule has 25 heavy (non-hydrogen) atoms. The van der Waals surface area contributed by atoms with Crippen molar-refractivity contribution in [3.8, 4) is 5.75 Å². The van der Waals surface area contributed by atoms with Crippen LogP contribution in [0.25, 0.3) is 0 Å². The third kappa shape index (κ3) is 5.17. The number of benzene rings is 2. The van der Waals surface area contributed by atoms with E-state index >= 15 is 0 Å². The van der Waals surface area contributed by atoms with Gasteiger partial charge >= 0.3 is 6.18 Å². The Bertz CT molecular complexity index is 797. The fraction of sp³-hybridized carbons (Fsp3) is 0.188. The number of alkyl halides is 3. The maximum absolute atomic E-state index is 12.8. The Labute approximate surface area is 156 Å². The first kappa shape index (κ1) is 19.7. The zero-order chi connectivity index (χ0) is 18.8. The fourth-order valence-corrected chi connectivity index (χ4v) is 2.46. The van der Waals surface area contributed by atoms with E-state index in [1.807, 2.05) is 0 Å². The number of nitrogens with one attached hydrogen (secondary N) is 1. The Morgan fingerprint density at radius 3 is 2.36 bits per heavy atom. The highest BCUT2D eigenvalue weighted by atomic mass is 35.5. The van der Waals surface area contributed by atoms with Gasteiger partial charge in [-0.3, -0.25) is 4.79 Å². The molecule has 9 heteroatoms. The minimum absolute atomic E-state index is 0.0296. The van der Waals surface area contributed by atoms with Crippen LogP contribution in [0.2, 0.25) is 15.1 Å². The van der Waals surface area contributed by atoms with Crippen molar-refractivity contribution < 1.29 is 22.7 Å². The highest BCUT2D eigenvalue weighted by molar-refractivity contribution is 6.35. The summed E-state index contributed by atoms with van der Waals surface area (Å²) < 4.78 is 43.7. The normalized spacial score (nSPS) is 12.6. The Hall–Kier alpha value is -1.63. The average molecular weight is 413 g/mol. The highest BCUT2D eigenvalue weighted by Gasteiger charge is 2.31. The largest absolute Gasteiger partial charge is 0.479 e. The molecule has 0 saturated heterocycles. The van der Waals surface area contributed by atoms with Crippen LogP contribution in [-0.4, -0.2) is 12.0 Å². The SMILES string of the molecule is C[C@H](Oc1ccc(Cl)cc1Cl)C(=O)Nc1cc(C(F)(F)F)ccc1Cl. The molecule has 0 aliphatic heterocycles. The number of amides is 1. The second-order valence-corrected chi connectivity index (χ2v) is 6.27. The summed E-state index contributed by atoms with van der Waals surface area (Å²) in [7, 11) is 0.